The molecule has 1 aromatic heterocycles. The van der Waals surface area contributed by atoms with Crippen molar-refractivity contribution >= 4 is 28.5 Å². The van der Waals surface area contributed by atoms with E-state index >= 15 is 0 Å². The van der Waals surface area contributed by atoms with Crippen molar-refractivity contribution in [1.82, 2.24) is 10.2 Å². The van der Waals surface area contributed by atoms with E-state index in [4.69, 9.17) is 16.3 Å². The molecule has 0 aliphatic heterocycles. The number of carbonyl (C=O) groups excluding carboxylic acids is 1. The number of H-pyrrole nitrogens is 1. The molecule has 0 fully saturated rings. The van der Waals surface area contributed by atoms with Gasteiger partial charge in [-0.25, -0.2) is 4.79 Å². The molecule has 15 heavy (non-hydrogen) atoms. The van der Waals surface area contributed by atoms with Crippen molar-refractivity contribution in [2.45, 2.75) is 6.92 Å². The number of esters is 1. The molecular formula is C10H9ClN2O2. The molecule has 5 heteroatoms. The third kappa shape index (κ3) is 1.68. The summed E-state index contributed by atoms with van der Waals surface area (Å²) in [5, 5.41) is 7.68. The van der Waals surface area contributed by atoms with Crippen molar-refractivity contribution in [1.29, 1.82) is 0 Å². The Kier molecular flexibility index (Phi) is 2.60. The molecule has 0 radical (unpaired) electrons. The Labute approximate surface area is 91.2 Å². The first-order valence-electron chi connectivity index (χ1n) is 4.52. The minimum Gasteiger partial charge on any atom is -0.462 e. The molecule has 2 aromatic rings. The molecule has 0 spiro atoms. The molecule has 1 N–H and O–H groups in total. The van der Waals surface area contributed by atoms with E-state index in [1.165, 1.54) is 0 Å². The van der Waals surface area contributed by atoms with Gasteiger partial charge in [0, 0.05) is 5.39 Å². The Bertz CT molecular complexity index is 507. The fraction of sp³-hybridized carbons (Fsp3) is 0.200. The van der Waals surface area contributed by atoms with E-state index in [0.29, 0.717) is 22.6 Å². The average Bonchev–Trinajstić information content (AvgIpc) is 2.65. The lowest BCUT2D eigenvalue weighted by Crippen LogP contribution is -2.05. The summed E-state index contributed by atoms with van der Waals surface area (Å²) in [7, 11) is 0. The molecule has 0 unspecified atom stereocenters. The zero-order valence-electron chi connectivity index (χ0n) is 8.08. The zero-order valence-corrected chi connectivity index (χ0v) is 8.84. The summed E-state index contributed by atoms with van der Waals surface area (Å²) in [4.78, 5) is 11.6. The lowest BCUT2D eigenvalue weighted by Gasteiger charge is -2.04. The molecule has 1 aromatic carbocycles. The largest absolute Gasteiger partial charge is 0.462 e. The number of halogens is 1. The van der Waals surface area contributed by atoms with Crippen LogP contribution in [0.5, 0.6) is 0 Å². The van der Waals surface area contributed by atoms with Crippen LogP contribution >= 0.6 is 11.6 Å². The lowest BCUT2D eigenvalue weighted by molar-refractivity contribution is 0.0529. The number of aromatic nitrogens is 2. The number of benzene rings is 1. The molecule has 0 amide bonds. The first-order valence-corrected chi connectivity index (χ1v) is 4.90. The first kappa shape index (κ1) is 9.98. The summed E-state index contributed by atoms with van der Waals surface area (Å²) in [6, 6.07) is 3.42. The van der Waals surface area contributed by atoms with Gasteiger partial charge in [-0.05, 0) is 19.1 Å². The molecule has 0 bridgehead atoms. The van der Waals surface area contributed by atoms with Crippen molar-refractivity contribution < 1.29 is 9.53 Å². The Morgan fingerprint density at radius 1 is 1.60 bits per heavy atom. The Morgan fingerprint density at radius 2 is 2.40 bits per heavy atom. The van der Waals surface area contributed by atoms with E-state index in [0.717, 1.165) is 5.52 Å². The number of nitrogens with one attached hydrogen (secondary N) is 1. The maximum atomic E-state index is 11.6. The Morgan fingerprint density at radius 3 is 3.13 bits per heavy atom. The van der Waals surface area contributed by atoms with Gasteiger partial charge in [-0.15, -0.1) is 0 Å². The number of rotatable bonds is 2. The average molecular weight is 225 g/mol. The number of hydrogen-bond acceptors (Lipinski definition) is 3. The number of carbonyl (C=O) groups is 1. The fourth-order valence-corrected chi connectivity index (χ4v) is 1.64. The number of fused-ring (bicyclic) bond motifs is 1. The monoisotopic (exact) mass is 224 g/mol. The predicted molar refractivity (Wildman–Crippen MR) is 57.1 cm³/mol. The van der Waals surface area contributed by atoms with Crippen molar-refractivity contribution in [3.8, 4) is 0 Å². The van der Waals surface area contributed by atoms with Gasteiger partial charge < -0.3 is 4.74 Å². The highest BCUT2D eigenvalue weighted by atomic mass is 35.5. The van der Waals surface area contributed by atoms with Crippen LogP contribution in [0, 0.1) is 0 Å². The molecule has 4 nitrogen and oxygen atoms in total. The van der Waals surface area contributed by atoms with Gasteiger partial charge in [0.25, 0.3) is 0 Å². The number of nitrogens with zero attached hydrogens (tertiary/aromatic N) is 1. The smallest absolute Gasteiger partial charge is 0.340 e. The highest BCUT2D eigenvalue weighted by molar-refractivity contribution is 6.35. The molecule has 0 atom stereocenters. The molecule has 0 aliphatic carbocycles. The number of hydrogen-bond donors (Lipinski definition) is 1. The molecule has 1 heterocycles. The van der Waals surface area contributed by atoms with Gasteiger partial charge in [-0.2, -0.15) is 5.10 Å². The van der Waals surface area contributed by atoms with Gasteiger partial charge in [0.05, 0.1) is 28.9 Å². The standard InChI is InChI=1S/C10H9ClN2O2/c1-2-15-10(14)9-6-5-12-13-8(6)4-3-7(9)11/h3-5H,2H2,1H3,(H,12,13). The molecule has 2 rings (SSSR count). The minimum absolute atomic E-state index is 0.323. The number of ether oxygens (including phenoxy) is 1. The molecule has 78 valence electrons. The van der Waals surface area contributed by atoms with Gasteiger partial charge in [0.15, 0.2) is 0 Å². The molecule has 0 aliphatic rings. The van der Waals surface area contributed by atoms with Crippen LogP contribution in [-0.2, 0) is 4.74 Å². The quantitative estimate of drug-likeness (QED) is 0.797. The van der Waals surface area contributed by atoms with Crippen LogP contribution in [0.2, 0.25) is 5.02 Å². The van der Waals surface area contributed by atoms with Gasteiger partial charge in [0.1, 0.15) is 0 Å². The Hall–Kier alpha value is -1.55. The van der Waals surface area contributed by atoms with E-state index in [2.05, 4.69) is 10.2 Å². The summed E-state index contributed by atoms with van der Waals surface area (Å²) < 4.78 is 4.92. The van der Waals surface area contributed by atoms with Gasteiger partial charge in [0.2, 0.25) is 0 Å². The van der Waals surface area contributed by atoms with Crippen LogP contribution in [0.4, 0.5) is 0 Å². The third-order valence-corrected chi connectivity index (χ3v) is 2.37. The lowest BCUT2D eigenvalue weighted by atomic mass is 10.1. The second kappa shape index (κ2) is 3.90. The second-order valence-electron chi connectivity index (χ2n) is 2.97. The van der Waals surface area contributed by atoms with Crippen molar-refractivity contribution in [2.24, 2.45) is 0 Å². The zero-order chi connectivity index (χ0) is 10.8. The van der Waals surface area contributed by atoms with Crippen molar-refractivity contribution in [3.05, 3.63) is 28.9 Å². The highest BCUT2D eigenvalue weighted by Gasteiger charge is 2.16. The fourth-order valence-electron chi connectivity index (χ4n) is 1.40. The molecule has 0 saturated heterocycles. The summed E-state index contributed by atoms with van der Waals surface area (Å²) in [6.07, 6.45) is 1.56. The summed E-state index contributed by atoms with van der Waals surface area (Å²) in [5.41, 5.74) is 1.13. The van der Waals surface area contributed by atoms with E-state index in [1.54, 1.807) is 25.3 Å². The second-order valence-corrected chi connectivity index (χ2v) is 3.38. The van der Waals surface area contributed by atoms with Gasteiger partial charge in [-0.1, -0.05) is 11.6 Å². The van der Waals surface area contributed by atoms with Crippen molar-refractivity contribution in [2.75, 3.05) is 6.61 Å². The van der Waals surface area contributed by atoms with E-state index in [9.17, 15) is 4.79 Å². The van der Waals surface area contributed by atoms with E-state index < -0.39 is 5.97 Å². The van der Waals surface area contributed by atoms with Crippen LogP contribution in [0.3, 0.4) is 0 Å². The number of aromatic amines is 1. The predicted octanol–water partition coefficient (Wildman–Crippen LogP) is 2.39. The Balaban J connectivity index is 2.61. The SMILES string of the molecule is CCOC(=O)c1c(Cl)ccc2[nH]ncc12. The molecular weight excluding hydrogens is 216 g/mol. The van der Waals surface area contributed by atoms with Crippen molar-refractivity contribution in [3.63, 3.8) is 0 Å². The van der Waals surface area contributed by atoms with Crippen LogP contribution in [0.25, 0.3) is 10.9 Å². The van der Waals surface area contributed by atoms with E-state index in [1.807, 2.05) is 0 Å². The van der Waals surface area contributed by atoms with Crippen LogP contribution in [0.15, 0.2) is 18.3 Å². The first-order chi connectivity index (χ1) is 7.24. The van der Waals surface area contributed by atoms with Crippen LogP contribution in [-0.4, -0.2) is 22.8 Å². The summed E-state index contributed by atoms with van der Waals surface area (Å²) in [5.74, 6) is -0.422. The van der Waals surface area contributed by atoms with Crippen LogP contribution in [0.1, 0.15) is 17.3 Å². The summed E-state index contributed by atoms with van der Waals surface area (Å²) >= 11 is 5.95. The van der Waals surface area contributed by atoms with Crippen LogP contribution < -0.4 is 0 Å². The minimum atomic E-state index is -0.422. The normalized spacial score (nSPS) is 10.5. The highest BCUT2D eigenvalue weighted by Crippen LogP contribution is 2.25. The summed E-state index contributed by atoms with van der Waals surface area (Å²) in [6.45, 7) is 2.07. The van der Waals surface area contributed by atoms with E-state index in [-0.39, 0.29) is 0 Å². The topological polar surface area (TPSA) is 55.0 Å². The molecule has 0 saturated carbocycles. The maximum Gasteiger partial charge on any atom is 0.340 e. The van der Waals surface area contributed by atoms with Gasteiger partial charge in [-0.3, -0.25) is 5.10 Å². The maximum absolute atomic E-state index is 11.6. The third-order valence-electron chi connectivity index (χ3n) is 2.05. The van der Waals surface area contributed by atoms with Gasteiger partial charge >= 0.3 is 5.97 Å².